The molecule has 6 heteroatoms. The molecule has 0 spiro atoms. The zero-order chi connectivity index (χ0) is 14.9. The summed E-state index contributed by atoms with van der Waals surface area (Å²) < 4.78 is 0. The van der Waals surface area contributed by atoms with E-state index < -0.39 is 0 Å². The van der Waals surface area contributed by atoms with Crippen LogP contribution < -0.4 is 11.1 Å². The molecule has 1 aliphatic rings. The summed E-state index contributed by atoms with van der Waals surface area (Å²) in [6, 6.07) is 0.350. The second kappa shape index (κ2) is 5.60. The van der Waals surface area contributed by atoms with Crippen molar-refractivity contribution in [2.75, 3.05) is 18.1 Å². The maximum atomic E-state index is 12.5. The van der Waals surface area contributed by atoms with Crippen molar-refractivity contribution >= 4 is 28.2 Å². The van der Waals surface area contributed by atoms with Crippen molar-refractivity contribution in [2.24, 2.45) is 0 Å². The van der Waals surface area contributed by atoms with Crippen LogP contribution in [0.4, 0.5) is 10.9 Å². The number of rotatable bonds is 3. The Morgan fingerprint density at radius 2 is 2.00 bits per heavy atom. The van der Waals surface area contributed by atoms with E-state index in [1.54, 1.807) is 0 Å². The van der Waals surface area contributed by atoms with E-state index in [1.165, 1.54) is 24.2 Å². The Morgan fingerprint density at radius 1 is 1.40 bits per heavy atom. The van der Waals surface area contributed by atoms with E-state index in [4.69, 9.17) is 5.73 Å². The van der Waals surface area contributed by atoms with Crippen LogP contribution in [-0.2, 0) is 0 Å². The Hall–Kier alpha value is -1.30. The fraction of sp³-hybridized carbons (Fsp3) is 0.714. The Morgan fingerprint density at radius 3 is 2.55 bits per heavy atom. The minimum absolute atomic E-state index is 0.00569. The third-order valence-corrected chi connectivity index (χ3v) is 4.50. The lowest BCUT2D eigenvalue weighted by molar-refractivity contribution is 0.0741. The zero-order valence-corrected chi connectivity index (χ0v) is 13.5. The SMILES string of the molecule is CN(C(=O)c1sc(NC(C)(C)C)nc1N)C1CCCC1. The van der Waals surface area contributed by atoms with Crippen LogP contribution >= 0.6 is 11.3 Å². The second-order valence-corrected chi connectivity index (χ2v) is 7.46. The molecule has 1 saturated carbocycles. The summed E-state index contributed by atoms with van der Waals surface area (Å²) in [4.78, 5) is 19.2. The predicted octanol–water partition coefficient (Wildman–Crippen LogP) is 2.95. The van der Waals surface area contributed by atoms with Crippen LogP contribution in [0.3, 0.4) is 0 Å². The summed E-state index contributed by atoms with van der Waals surface area (Å²) in [7, 11) is 1.87. The van der Waals surface area contributed by atoms with Gasteiger partial charge in [0.05, 0.1) is 0 Å². The molecule has 1 fully saturated rings. The quantitative estimate of drug-likeness (QED) is 0.899. The molecule has 1 aromatic heterocycles. The fourth-order valence-corrected chi connectivity index (χ4v) is 3.55. The molecule has 1 aliphatic carbocycles. The lowest BCUT2D eigenvalue weighted by Crippen LogP contribution is -2.35. The van der Waals surface area contributed by atoms with Crippen molar-refractivity contribution in [2.45, 2.75) is 58.0 Å². The molecule has 0 atom stereocenters. The van der Waals surface area contributed by atoms with E-state index >= 15 is 0 Å². The van der Waals surface area contributed by atoms with Gasteiger partial charge in [0.1, 0.15) is 10.7 Å². The van der Waals surface area contributed by atoms with Crippen molar-refractivity contribution in [3.63, 3.8) is 0 Å². The maximum Gasteiger partial charge on any atom is 0.267 e. The van der Waals surface area contributed by atoms with Crippen LogP contribution in [0.1, 0.15) is 56.1 Å². The standard InChI is InChI=1S/C14H24N4OS/c1-14(2,3)17-13-16-11(15)10(20-13)12(19)18(4)9-7-5-6-8-9/h9H,5-8,15H2,1-4H3,(H,16,17). The van der Waals surface area contributed by atoms with Crippen LogP contribution in [0.2, 0.25) is 0 Å². The molecule has 20 heavy (non-hydrogen) atoms. The van der Waals surface area contributed by atoms with Gasteiger partial charge < -0.3 is 16.0 Å². The van der Waals surface area contributed by atoms with Crippen LogP contribution in [0, 0.1) is 0 Å². The van der Waals surface area contributed by atoms with Crippen LogP contribution in [0.25, 0.3) is 0 Å². The van der Waals surface area contributed by atoms with Gasteiger partial charge in [-0.2, -0.15) is 0 Å². The van der Waals surface area contributed by atoms with Crippen LogP contribution in [-0.4, -0.2) is 34.4 Å². The molecule has 112 valence electrons. The molecule has 0 radical (unpaired) electrons. The normalized spacial score (nSPS) is 16.4. The van der Waals surface area contributed by atoms with Gasteiger partial charge in [-0.3, -0.25) is 4.79 Å². The molecule has 5 nitrogen and oxygen atoms in total. The van der Waals surface area contributed by atoms with Crippen molar-refractivity contribution in [1.82, 2.24) is 9.88 Å². The summed E-state index contributed by atoms with van der Waals surface area (Å²) in [5.74, 6) is 0.324. The first kappa shape index (κ1) is 15.1. The summed E-state index contributed by atoms with van der Waals surface area (Å²) >= 11 is 1.34. The van der Waals surface area contributed by atoms with Gasteiger partial charge in [0.2, 0.25) is 0 Å². The van der Waals surface area contributed by atoms with E-state index in [0.717, 1.165) is 12.8 Å². The third kappa shape index (κ3) is 3.42. The molecule has 0 saturated heterocycles. The monoisotopic (exact) mass is 296 g/mol. The van der Waals surface area contributed by atoms with Gasteiger partial charge in [0.15, 0.2) is 5.13 Å². The van der Waals surface area contributed by atoms with Crippen molar-refractivity contribution < 1.29 is 4.79 Å². The highest BCUT2D eigenvalue weighted by atomic mass is 32.1. The number of nitrogens with zero attached hydrogens (tertiary/aromatic N) is 2. The summed E-state index contributed by atoms with van der Waals surface area (Å²) in [5.41, 5.74) is 5.81. The zero-order valence-electron chi connectivity index (χ0n) is 12.7. The highest BCUT2D eigenvalue weighted by molar-refractivity contribution is 7.18. The molecule has 0 unspecified atom stereocenters. The molecular formula is C14H24N4OS. The van der Waals surface area contributed by atoms with Crippen LogP contribution in [0.15, 0.2) is 0 Å². The van der Waals surface area contributed by atoms with E-state index in [1.807, 2.05) is 11.9 Å². The van der Waals surface area contributed by atoms with Gasteiger partial charge in [0.25, 0.3) is 5.91 Å². The molecule has 2 rings (SSSR count). The summed E-state index contributed by atoms with van der Waals surface area (Å²) in [5, 5.41) is 3.97. The summed E-state index contributed by atoms with van der Waals surface area (Å²) in [6.07, 6.45) is 4.59. The van der Waals surface area contributed by atoms with Crippen molar-refractivity contribution in [1.29, 1.82) is 0 Å². The topological polar surface area (TPSA) is 71.2 Å². The number of nitrogens with one attached hydrogen (secondary N) is 1. The fourth-order valence-electron chi connectivity index (χ4n) is 2.48. The van der Waals surface area contributed by atoms with E-state index in [2.05, 4.69) is 31.1 Å². The molecular weight excluding hydrogens is 272 g/mol. The smallest absolute Gasteiger partial charge is 0.267 e. The van der Waals surface area contributed by atoms with Crippen LogP contribution in [0.5, 0.6) is 0 Å². The Kier molecular flexibility index (Phi) is 4.22. The first-order valence-corrected chi connectivity index (χ1v) is 7.91. The number of thiazole rings is 1. The second-order valence-electron chi connectivity index (χ2n) is 6.46. The minimum atomic E-state index is -0.0953. The molecule has 1 heterocycles. The molecule has 0 aliphatic heterocycles. The number of nitrogens with two attached hydrogens (primary N) is 1. The van der Waals surface area contributed by atoms with Gasteiger partial charge in [-0.05, 0) is 33.6 Å². The number of hydrogen-bond donors (Lipinski definition) is 2. The molecule has 0 bridgehead atoms. The molecule has 1 aromatic rings. The highest BCUT2D eigenvalue weighted by Crippen LogP contribution is 2.30. The first-order valence-electron chi connectivity index (χ1n) is 7.09. The number of anilines is 2. The highest BCUT2D eigenvalue weighted by Gasteiger charge is 2.27. The maximum absolute atomic E-state index is 12.5. The molecule has 1 amide bonds. The van der Waals surface area contributed by atoms with Gasteiger partial charge in [-0.1, -0.05) is 24.2 Å². The third-order valence-electron chi connectivity index (χ3n) is 3.52. The number of carbonyl (C=O) groups excluding carboxylic acids is 1. The minimum Gasteiger partial charge on any atom is -0.382 e. The van der Waals surface area contributed by atoms with Crippen molar-refractivity contribution in [3.8, 4) is 0 Å². The average Bonchev–Trinajstić information content (AvgIpc) is 2.95. The Labute approximate surface area is 124 Å². The van der Waals surface area contributed by atoms with Gasteiger partial charge in [-0.25, -0.2) is 4.98 Å². The van der Waals surface area contributed by atoms with Gasteiger partial charge in [-0.15, -0.1) is 0 Å². The number of amides is 1. The first-order chi connectivity index (χ1) is 9.28. The van der Waals surface area contributed by atoms with Gasteiger partial charge in [0, 0.05) is 18.6 Å². The predicted molar refractivity (Wildman–Crippen MR) is 84.3 cm³/mol. The van der Waals surface area contributed by atoms with E-state index in [-0.39, 0.29) is 11.4 Å². The average molecular weight is 296 g/mol. The molecule has 0 aromatic carbocycles. The lowest BCUT2D eigenvalue weighted by atomic mass is 10.1. The Balaban J connectivity index is 2.13. The lowest BCUT2D eigenvalue weighted by Gasteiger charge is -2.23. The largest absolute Gasteiger partial charge is 0.382 e. The summed E-state index contributed by atoms with van der Waals surface area (Å²) in [6.45, 7) is 6.16. The van der Waals surface area contributed by atoms with E-state index in [0.29, 0.717) is 21.9 Å². The molecule has 3 N–H and O–H groups in total. The van der Waals surface area contributed by atoms with Gasteiger partial charge >= 0.3 is 0 Å². The number of aromatic nitrogens is 1. The number of carbonyl (C=O) groups is 1. The number of hydrogen-bond acceptors (Lipinski definition) is 5. The Bertz CT molecular complexity index is 486. The van der Waals surface area contributed by atoms with E-state index in [9.17, 15) is 4.79 Å². The number of nitrogen functional groups attached to an aromatic ring is 1. The van der Waals surface area contributed by atoms with Crippen molar-refractivity contribution in [3.05, 3.63) is 4.88 Å².